The molecule has 1 aromatic rings. The molecule has 0 saturated heterocycles. The van der Waals surface area contributed by atoms with E-state index in [1.165, 1.54) is 32.4 Å². The largest absolute Gasteiger partial charge is 0.504 e. The molecular formula is C15H20BrNO3. The number of nitrogens with one attached hydrogen (secondary N) is 1. The summed E-state index contributed by atoms with van der Waals surface area (Å²) in [6, 6.07) is 4.69. The number of alkyl halides is 1. The Morgan fingerprint density at radius 2 is 2.20 bits per heavy atom. The zero-order valence-corrected chi connectivity index (χ0v) is 13.1. The van der Waals surface area contributed by atoms with E-state index in [0.717, 1.165) is 5.33 Å². The van der Waals surface area contributed by atoms with Crippen LogP contribution in [0.2, 0.25) is 0 Å². The van der Waals surface area contributed by atoms with Gasteiger partial charge in [0.15, 0.2) is 11.5 Å². The smallest absolute Gasteiger partial charge is 0.251 e. The van der Waals surface area contributed by atoms with Gasteiger partial charge in [0.05, 0.1) is 7.11 Å². The first-order chi connectivity index (χ1) is 9.65. The molecule has 1 aliphatic rings. The van der Waals surface area contributed by atoms with Crippen LogP contribution < -0.4 is 10.1 Å². The lowest BCUT2D eigenvalue weighted by atomic mass is 9.98. The minimum Gasteiger partial charge on any atom is -0.504 e. The van der Waals surface area contributed by atoms with Crippen molar-refractivity contribution in [2.24, 2.45) is 11.8 Å². The summed E-state index contributed by atoms with van der Waals surface area (Å²) in [5, 5.41) is 13.6. The number of aromatic hydroxyl groups is 1. The lowest BCUT2D eigenvalue weighted by Crippen LogP contribution is -2.31. The highest BCUT2D eigenvalue weighted by atomic mass is 79.9. The van der Waals surface area contributed by atoms with Gasteiger partial charge in [0.2, 0.25) is 0 Å². The third-order valence-corrected chi connectivity index (χ3v) is 4.81. The molecule has 0 aliphatic heterocycles. The average molecular weight is 342 g/mol. The number of methoxy groups -OCH3 is 1. The van der Waals surface area contributed by atoms with Crippen molar-refractivity contribution in [3.05, 3.63) is 23.8 Å². The molecule has 1 fully saturated rings. The van der Waals surface area contributed by atoms with Crippen LogP contribution in [0.15, 0.2) is 18.2 Å². The molecular weight excluding hydrogens is 322 g/mol. The van der Waals surface area contributed by atoms with E-state index in [2.05, 4.69) is 21.2 Å². The first-order valence-electron chi connectivity index (χ1n) is 6.87. The number of carbonyl (C=O) groups excluding carboxylic acids is 1. The number of rotatable bonds is 5. The van der Waals surface area contributed by atoms with E-state index in [9.17, 15) is 9.90 Å². The van der Waals surface area contributed by atoms with Gasteiger partial charge in [-0.1, -0.05) is 22.4 Å². The van der Waals surface area contributed by atoms with Crippen LogP contribution in [-0.2, 0) is 0 Å². The summed E-state index contributed by atoms with van der Waals surface area (Å²) < 4.78 is 4.96. The number of phenols is 1. The maximum atomic E-state index is 12.1. The van der Waals surface area contributed by atoms with Gasteiger partial charge in [0.1, 0.15) is 0 Å². The molecule has 110 valence electrons. The molecule has 1 saturated carbocycles. The molecule has 0 heterocycles. The fourth-order valence-electron chi connectivity index (χ4n) is 2.74. The Bertz CT molecular complexity index is 478. The number of hydrogen-bond acceptors (Lipinski definition) is 3. The molecule has 0 bridgehead atoms. The monoisotopic (exact) mass is 341 g/mol. The minimum atomic E-state index is -0.150. The van der Waals surface area contributed by atoms with Crippen LogP contribution in [0.25, 0.3) is 0 Å². The summed E-state index contributed by atoms with van der Waals surface area (Å²) >= 11 is 3.53. The van der Waals surface area contributed by atoms with Crippen molar-refractivity contribution in [3.63, 3.8) is 0 Å². The van der Waals surface area contributed by atoms with E-state index in [-0.39, 0.29) is 11.7 Å². The Balaban J connectivity index is 1.93. The molecule has 4 nitrogen and oxygen atoms in total. The predicted octanol–water partition coefficient (Wildman–Crippen LogP) is 2.94. The van der Waals surface area contributed by atoms with Crippen molar-refractivity contribution in [1.82, 2.24) is 5.32 Å². The van der Waals surface area contributed by atoms with Crippen LogP contribution >= 0.6 is 15.9 Å². The van der Waals surface area contributed by atoms with E-state index in [1.807, 2.05) is 0 Å². The summed E-state index contributed by atoms with van der Waals surface area (Å²) in [5.41, 5.74) is 0.455. The molecule has 2 unspecified atom stereocenters. The molecule has 2 N–H and O–H groups in total. The summed E-state index contributed by atoms with van der Waals surface area (Å²) in [5.74, 6) is 1.41. The van der Waals surface area contributed by atoms with Crippen LogP contribution in [0.4, 0.5) is 0 Å². The van der Waals surface area contributed by atoms with Crippen molar-refractivity contribution < 1.29 is 14.6 Å². The van der Waals surface area contributed by atoms with E-state index in [4.69, 9.17) is 4.74 Å². The lowest BCUT2D eigenvalue weighted by molar-refractivity contribution is 0.0944. The quantitative estimate of drug-likeness (QED) is 0.809. The number of carbonyl (C=O) groups is 1. The Kier molecular flexibility index (Phi) is 5.29. The molecule has 0 radical (unpaired) electrons. The van der Waals surface area contributed by atoms with Gasteiger partial charge in [-0.2, -0.15) is 0 Å². The molecule has 1 amide bonds. The van der Waals surface area contributed by atoms with Crippen molar-refractivity contribution in [2.75, 3.05) is 19.0 Å². The summed E-state index contributed by atoms with van der Waals surface area (Å²) in [4.78, 5) is 12.1. The zero-order valence-electron chi connectivity index (χ0n) is 11.6. The summed E-state index contributed by atoms with van der Waals surface area (Å²) in [6.45, 7) is 0.696. The second-order valence-corrected chi connectivity index (χ2v) is 5.85. The fraction of sp³-hybridized carbons (Fsp3) is 0.533. The first-order valence-corrected chi connectivity index (χ1v) is 7.99. The average Bonchev–Trinajstić information content (AvgIpc) is 2.92. The summed E-state index contributed by atoms with van der Waals surface area (Å²) in [7, 11) is 1.48. The molecule has 1 aliphatic carbocycles. The van der Waals surface area contributed by atoms with Crippen molar-refractivity contribution >= 4 is 21.8 Å². The first kappa shape index (κ1) is 15.2. The van der Waals surface area contributed by atoms with Gasteiger partial charge in [0.25, 0.3) is 5.91 Å². The Morgan fingerprint density at radius 1 is 1.45 bits per heavy atom. The van der Waals surface area contributed by atoms with Crippen LogP contribution in [-0.4, -0.2) is 30.0 Å². The second kappa shape index (κ2) is 6.97. The number of amides is 1. The SMILES string of the molecule is COc1ccc(C(=O)NCC2CCCC2CBr)cc1O. The summed E-state index contributed by atoms with van der Waals surface area (Å²) in [6.07, 6.45) is 3.64. The van der Waals surface area contributed by atoms with E-state index in [1.54, 1.807) is 12.1 Å². The van der Waals surface area contributed by atoms with Gasteiger partial charge < -0.3 is 15.2 Å². The third kappa shape index (κ3) is 3.45. The van der Waals surface area contributed by atoms with Crippen molar-refractivity contribution in [3.8, 4) is 11.5 Å². The molecule has 2 atom stereocenters. The van der Waals surface area contributed by atoms with Crippen molar-refractivity contribution in [2.45, 2.75) is 19.3 Å². The van der Waals surface area contributed by atoms with Gasteiger partial charge >= 0.3 is 0 Å². The van der Waals surface area contributed by atoms with Gasteiger partial charge in [-0.25, -0.2) is 0 Å². The predicted molar refractivity (Wildman–Crippen MR) is 81.6 cm³/mol. The van der Waals surface area contributed by atoms with E-state index in [0.29, 0.717) is 29.7 Å². The van der Waals surface area contributed by atoms with E-state index < -0.39 is 0 Å². The Hall–Kier alpha value is -1.23. The molecule has 1 aromatic carbocycles. The Labute approximate surface area is 127 Å². The zero-order chi connectivity index (χ0) is 14.5. The molecule has 5 heteroatoms. The maximum absolute atomic E-state index is 12.1. The van der Waals surface area contributed by atoms with Crippen LogP contribution in [0, 0.1) is 11.8 Å². The number of hydrogen-bond donors (Lipinski definition) is 2. The highest BCUT2D eigenvalue weighted by Gasteiger charge is 2.26. The number of halogens is 1. The standard InChI is InChI=1S/C15H20BrNO3/c1-20-14-6-5-10(7-13(14)18)15(19)17-9-12-4-2-3-11(12)8-16/h5-7,11-12,18H,2-4,8-9H2,1H3,(H,17,19). The third-order valence-electron chi connectivity index (χ3n) is 3.98. The molecule has 0 aromatic heterocycles. The van der Waals surface area contributed by atoms with Gasteiger partial charge in [-0.15, -0.1) is 0 Å². The van der Waals surface area contributed by atoms with Gasteiger partial charge in [-0.3, -0.25) is 4.79 Å². The molecule has 0 spiro atoms. The number of benzene rings is 1. The van der Waals surface area contributed by atoms with Crippen LogP contribution in [0.5, 0.6) is 11.5 Å². The fourth-order valence-corrected chi connectivity index (χ4v) is 3.59. The lowest BCUT2D eigenvalue weighted by Gasteiger charge is -2.17. The molecule has 2 rings (SSSR count). The topological polar surface area (TPSA) is 58.6 Å². The normalized spacial score (nSPS) is 21.7. The molecule has 20 heavy (non-hydrogen) atoms. The Morgan fingerprint density at radius 3 is 2.85 bits per heavy atom. The number of ether oxygens (including phenoxy) is 1. The van der Waals surface area contributed by atoms with Gasteiger partial charge in [-0.05, 0) is 42.9 Å². The second-order valence-electron chi connectivity index (χ2n) is 5.20. The van der Waals surface area contributed by atoms with E-state index >= 15 is 0 Å². The maximum Gasteiger partial charge on any atom is 0.251 e. The van der Waals surface area contributed by atoms with Gasteiger partial charge in [0, 0.05) is 17.4 Å². The highest BCUT2D eigenvalue weighted by Crippen LogP contribution is 2.32. The highest BCUT2D eigenvalue weighted by molar-refractivity contribution is 9.09. The number of phenolic OH excluding ortho intramolecular Hbond substituents is 1. The van der Waals surface area contributed by atoms with Crippen LogP contribution in [0.3, 0.4) is 0 Å². The van der Waals surface area contributed by atoms with Crippen LogP contribution in [0.1, 0.15) is 29.6 Å². The van der Waals surface area contributed by atoms with Crippen molar-refractivity contribution in [1.29, 1.82) is 0 Å². The minimum absolute atomic E-state index is 0.0145.